The van der Waals surface area contributed by atoms with Gasteiger partial charge in [0.2, 0.25) is 0 Å². The van der Waals surface area contributed by atoms with Crippen molar-refractivity contribution in [1.82, 2.24) is 0 Å². The van der Waals surface area contributed by atoms with E-state index in [1.165, 1.54) is 21.5 Å². The molecule has 0 aliphatic carbocycles. The van der Waals surface area contributed by atoms with Crippen molar-refractivity contribution in [3.05, 3.63) is 164 Å². The van der Waals surface area contributed by atoms with Crippen molar-refractivity contribution in [2.24, 2.45) is 0 Å². The average Bonchev–Trinajstić information content (AvgIpc) is 3.50. The molecule has 42 heavy (non-hydrogen) atoms. The molecular weight excluding hydrogens is 510 g/mol. The van der Waals surface area contributed by atoms with Crippen molar-refractivity contribution in [2.75, 3.05) is 4.90 Å². The number of fused-ring (bicyclic) bond motifs is 3. The lowest BCUT2D eigenvalue weighted by Gasteiger charge is -2.27. The highest BCUT2D eigenvalue weighted by atomic mass is 16.3. The summed E-state index contributed by atoms with van der Waals surface area (Å²) in [4.78, 5) is 2.36. The van der Waals surface area contributed by atoms with E-state index in [9.17, 15) is 0 Å². The Labute approximate surface area is 244 Å². The number of nitrogens with zero attached hydrogens (tertiary/aromatic N) is 1. The molecule has 0 aliphatic heterocycles. The third kappa shape index (κ3) is 4.22. The highest BCUT2D eigenvalue weighted by Crippen LogP contribution is 2.41. The van der Waals surface area contributed by atoms with Crippen LogP contribution in [0.5, 0.6) is 0 Å². The highest BCUT2D eigenvalue weighted by molar-refractivity contribution is 6.00. The van der Waals surface area contributed by atoms with E-state index in [4.69, 9.17) is 4.42 Å². The van der Waals surface area contributed by atoms with E-state index >= 15 is 0 Å². The zero-order valence-electron chi connectivity index (χ0n) is 22.9. The summed E-state index contributed by atoms with van der Waals surface area (Å²) in [6.07, 6.45) is 0. The fourth-order valence-electron chi connectivity index (χ4n) is 6.00. The smallest absolute Gasteiger partial charge is 0.136 e. The summed E-state index contributed by atoms with van der Waals surface area (Å²) in [7, 11) is 0. The molecule has 198 valence electrons. The zero-order valence-corrected chi connectivity index (χ0v) is 22.9. The van der Waals surface area contributed by atoms with Gasteiger partial charge in [0, 0.05) is 27.7 Å². The second-order valence-electron chi connectivity index (χ2n) is 10.6. The first kappa shape index (κ1) is 24.2. The standard InChI is InChI=1S/C40H27NO/c1-2-12-31-26-34(25-20-28(31)10-1)41(38-18-9-14-29-11-3-5-16-36(29)38)33-23-21-30(22-24-33)35-15-6-7-17-37(35)40-27-32-13-4-8-19-39(32)42-40/h1-27H. The Bertz CT molecular complexity index is 2170. The highest BCUT2D eigenvalue weighted by Gasteiger charge is 2.17. The lowest BCUT2D eigenvalue weighted by atomic mass is 9.97. The molecule has 2 heteroatoms. The largest absolute Gasteiger partial charge is 0.456 e. The summed E-state index contributed by atoms with van der Waals surface area (Å²) in [5.41, 5.74) is 7.66. The average molecular weight is 538 g/mol. The molecule has 0 saturated heterocycles. The number of rotatable bonds is 5. The van der Waals surface area contributed by atoms with E-state index < -0.39 is 0 Å². The Morgan fingerprint density at radius 3 is 1.88 bits per heavy atom. The third-order valence-electron chi connectivity index (χ3n) is 8.05. The summed E-state index contributed by atoms with van der Waals surface area (Å²) >= 11 is 0. The van der Waals surface area contributed by atoms with Crippen molar-refractivity contribution < 1.29 is 4.42 Å². The van der Waals surface area contributed by atoms with E-state index in [1.807, 2.05) is 18.2 Å². The SMILES string of the molecule is c1ccc(-c2cc3ccccc3o2)c(-c2ccc(N(c3ccc4ccccc4c3)c3cccc4ccccc34)cc2)c1. The van der Waals surface area contributed by atoms with Gasteiger partial charge in [-0.05, 0) is 69.8 Å². The first-order chi connectivity index (χ1) is 20.8. The predicted molar refractivity (Wildman–Crippen MR) is 177 cm³/mol. The summed E-state index contributed by atoms with van der Waals surface area (Å²) in [5, 5.41) is 6.00. The van der Waals surface area contributed by atoms with Crippen LogP contribution in [0.2, 0.25) is 0 Å². The normalized spacial score (nSPS) is 11.3. The van der Waals surface area contributed by atoms with Crippen LogP contribution in [0, 0.1) is 0 Å². The number of anilines is 3. The van der Waals surface area contributed by atoms with Gasteiger partial charge in [-0.15, -0.1) is 0 Å². The molecule has 0 saturated carbocycles. The molecule has 8 aromatic rings. The Morgan fingerprint density at radius 2 is 1.05 bits per heavy atom. The van der Waals surface area contributed by atoms with E-state index in [0.717, 1.165) is 50.5 Å². The van der Waals surface area contributed by atoms with Gasteiger partial charge in [0.15, 0.2) is 0 Å². The molecule has 7 aromatic carbocycles. The van der Waals surface area contributed by atoms with Crippen LogP contribution < -0.4 is 4.90 Å². The molecule has 0 atom stereocenters. The van der Waals surface area contributed by atoms with E-state index in [1.54, 1.807) is 0 Å². The molecule has 0 fully saturated rings. The lowest BCUT2D eigenvalue weighted by Crippen LogP contribution is -2.10. The second-order valence-corrected chi connectivity index (χ2v) is 10.6. The molecule has 2 nitrogen and oxygen atoms in total. The maximum absolute atomic E-state index is 6.26. The second kappa shape index (κ2) is 10.1. The summed E-state index contributed by atoms with van der Waals surface area (Å²) < 4.78 is 6.26. The van der Waals surface area contributed by atoms with E-state index in [0.29, 0.717) is 0 Å². The number of furan rings is 1. The van der Waals surface area contributed by atoms with Crippen molar-refractivity contribution in [3.8, 4) is 22.5 Å². The van der Waals surface area contributed by atoms with Gasteiger partial charge < -0.3 is 9.32 Å². The van der Waals surface area contributed by atoms with Gasteiger partial charge in [-0.1, -0.05) is 121 Å². The first-order valence-corrected chi connectivity index (χ1v) is 14.3. The van der Waals surface area contributed by atoms with Gasteiger partial charge >= 0.3 is 0 Å². The maximum Gasteiger partial charge on any atom is 0.136 e. The van der Waals surface area contributed by atoms with Crippen molar-refractivity contribution in [3.63, 3.8) is 0 Å². The van der Waals surface area contributed by atoms with E-state index in [-0.39, 0.29) is 0 Å². The van der Waals surface area contributed by atoms with Gasteiger partial charge in [0.25, 0.3) is 0 Å². The first-order valence-electron chi connectivity index (χ1n) is 14.3. The fourth-order valence-corrected chi connectivity index (χ4v) is 6.00. The summed E-state index contributed by atoms with van der Waals surface area (Å²) in [6.45, 7) is 0. The molecular formula is C40H27NO. The Hall–Kier alpha value is -5.60. The minimum atomic E-state index is 0.879. The van der Waals surface area contributed by atoms with Crippen LogP contribution >= 0.6 is 0 Å². The van der Waals surface area contributed by atoms with Gasteiger partial charge in [-0.3, -0.25) is 0 Å². The predicted octanol–water partition coefficient (Wildman–Crippen LogP) is 11.5. The van der Waals surface area contributed by atoms with Gasteiger partial charge in [0.05, 0.1) is 5.69 Å². The molecule has 8 rings (SSSR count). The Balaban J connectivity index is 1.26. The van der Waals surface area contributed by atoms with E-state index in [2.05, 4.69) is 150 Å². The van der Waals surface area contributed by atoms with Crippen LogP contribution in [0.3, 0.4) is 0 Å². The molecule has 0 unspecified atom stereocenters. The van der Waals surface area contributed by atoms with Crippen molar-refractivity contribution in [2.45, 2.75) is 0 Å². The van der Waals surface area contributed by atoms with Gasteiger partial charge in [-0.2, -0.15) is 0 Å². The third-order valence-corrected chi connectivity index (χ3v) is 8.05. The molecule has 0 bridgehead atoms. The minimum Gasteiger partial charge on any atom is -0.456 e. The monoisotopic (exact) mass is 537 g/mol. The van der Waals surface area contributed by atoms with Crippen molar-refractivity contribution >= 4 is 49.6 Å². The lowest BCUT2D eigenvalue weighted by molar-refractivity contribution is 0.632. The summed E-state index contributed by atoms with van der Waals surface area (Å²) in [6, 6.07) is 58.0. The Morgan fingerprint density at radius 1 is 0.405 bits per heavy atom. The van der Waals surface area contributed by atoms with Gasteiger partial charge in [-0.25, -0.2) is 0 Å². The van der Waals surface area contributed by atoms with Gasteiger partial charge in [0.1, 0.15) is 11.3 Å². The number of hydrogen-bond acceptors (Lipinski definition) is 2. The zero-order chi connectivity index (χ0) is 27.9. The van der Waals surface area contributed by atoms with Crippen LogP contribution in [0.15, 0.2) is 168 Å². The molecule has 0 aliphatic rings. The van der Waals surface area contributed by atoms with Crippen LogP contribution in [-0.2, 0) is 0 Å². The van der Waals surface area contributed by atoms with Crippen LogP contribution in [0.4, 0.5) is 17.1 Å². The van der Waals surface area contributed by atoms with Crippen molar-refractivity contribution in [1.29, 1.82) is 0 Å². The topological polar surface area (TPSA) is 16.4 Å². The minimum absolute atomic E-state index is 0.879. The molecule has 0 radical (unpaired) electrons. The molecule has 1 heterocycles. The quantitative estimate of drug-likeness (QED) is 0.217. The molecule has 0 spiro atoms. The maximum atomic E-state index is 6.26. The summed E-state index contributed by atoms with van der Waals surface area (Å²) in [5.74, 6) is 0.879. The molecule has 0 amide bonds. The molecule has 1 aromatic heterocycles. The fraction of sp³-hybridized carbons (Fsp3) is 0. The van der Waals surface area contributed by atoms with Crippen LogP contribution in [-0.4, -0.2) is 0 Å². The Kier molecular flexibility index (Phi) is 5.82. The number of hydrogen-bond donors (Lipinski definition) is 0. The van der Waals surface area contributed by atoms with Crippen LogP contribution in [0.25, 0.3) is 55.0 Å². The van der Waals surface area contributed by atoms with Crippen LogP contribution in [0.1, 0.15) is 0 Å². The number of para-hydroxylation sites is 1. The number of benzene rings is 7. The molecule has 0 N–H and O–H groups in total.